The van der Waals surface area contributed by atoms with Gasteiger partial charge in [-0.1, -0.05) is 31.5 Å². The van der Waals surface area contributed by atoms with Crippen molar-refractivity contribution < 1.29 is 5.11 Å². The van der Waals surface area contributed by atoms with Crippen LogP contribution in [-0.2, 0) is 6.54 Å². The molecular weight excluding hydrogens is 272 g/mol. The molecule has 20 heavy (non-hydrogen) atoms. The highest BCUT2D eigenvalue weighted by molar-refractivity contribution is 6.31. The van der Waals surface area contributed by atoms with Crippen LogP contribution in [0.2, 0.25) is 5.02 Å². The van der Waals surface area contributed by atoms with E-state index in [9.17, 15) is 5.11 Å². The van der Waals surface area contributed by atoms with Gasteiger partial charge in [0.05, 0.1) is 6.10 Å². The third-order valence-corrected chi connectivity index (χ3v) is 4.38. The summed E-state index contributed by atoms with van der Waals surface area (Å²) in [5.41, 5.74) is 2.38. The van der Waals surface area contributed by atoms with Crippen LogP contribution in [0.25, 0.3) is 0 Å². The molecule has 0 saturated carbocycles. The number of nitrogens with one attached hydrogen (secondary N) is 1. The molecule has 4 heteroatoms. The molecule has 2 rings (SSSR count). The van der Waals surface area contributed by atoms with Crippen molar-refractivity contribution in [2.45, 2.75) is 39.3 Å². The summed E-state index contributed by atoms with van der Waals surface area (Å²) >= 11 is 6.38. The molecule has 1 aromatic rings. The second-order valence-electron chi connectivity index (χ2n) is 5.69. The van der Waals surface area contributed by atoms with Crippen molar-refractivity contribution in [3.8, 4) is 0 Å². The lowest BCUT2D eigenvalue weighted by atomic mass is 9.95. The van der Waals surface area contributed by atoms with Crippen LogP contribution < -0.4 is 10.2 Å². The fourth-order valence-electron chi connectivity index (χ4n) is 2.76. The van der Waals surface area contributed by atoms with Gasteiger partial charge in [0.25, 0.3) is 0 Å². The molecule has 1 aliphatic heterocycles. The van der Waals surface area contributed by atoms with Gasteiger partial charge in [0.15, 0.2) is 0 Å². The summed E-state index contributed by atoms with van der Waals surface area (Å²) in [6.45, 7) is 7.86. The van der Waals surface area contributed by atoms with E-state index in [1.165, 1.54) is 11.3 Å². The first-order valence-electron chi connectivity index (χ1n) is 7.54. The predicted octanol–water partition coefficient (Wildman–Crippen LogP) is 3.05. The highest BCUT2D eigenvalue weighted by atomic mass is 35.5. The van der Waals surface area contributed by atoms with Crippen molar-refractivity contribution in [2.75, 3.05) is 24.5 Å². The lowest BCUT2D eigenvalue weighted by Crippen LogP contribution is -2.42. The maximum Gasteiger partial charge on any atom is 0.0599 e. The Labute approximate surface area is 126 Å². The third-order valence-electron chi connectivity index (χ3n) is 4.02. The minimum Gasteiger partial charge on any atom is -0.393 e. The molecule has 0 bridgehead atoms. The molecule has 0 radical (unpaired) electrons. The smallest absolute Gasteiger partial charge is 0.0599 e. The minimum absolute atomic E-state index is 0.174. The van der Waals surface area contributed by atoms with Crippen LogP contribution >= 0.6 is 11.6 Å². The fourth-order valence-corrected chi connectivity index (χ4v) is 3.00. The van der Waals surface area contributed by atoms with Crippen molar-refractivity contribution in [1.82, 2.24) is 5.32 Å². The molecule has 1 heterocycles. The Morgan fingerprint density at radius 2 is 2.25 bits per heavy atom. The molecule has 1 fully saturated rings. The number of hydrogen-bond acceptors (Lipinski definition) is 3. The van der Waals surface area contributed by atoms with E-state index in [2.05, 4.69) is 30.1 Å². The molecule has 1 saturated heterocycles. The molecular formula is C16H25ClN2O. The second kappa shape index (κ2) is 7.30. The number of piperidine rings is 1. The minimum atomic E-state index is -0.174. The summed E-state index contributed by atoms with van der Waals surface area (Å²) < 4.78 is 0. The summed E-state index contributed by atoms with van der Waals surface area (Å²) in [5.74, 6) is 0.305. The maximum absolute atomic E-state index is 9.87. The molecule has 112 valence electrons. The van der Waals surface area contributed by atoms with Gasteiger partial charge in [0.2, 0.25) is 0 Å². The van der Waals surface area contributed by atoms with E-state index in [0.29, 0.717) is 5.92 Å². The van der Waals surface area contributed by atoms with E-state index in [0.717, 1.165) is 44.0 Å². The zero-order valence-electron chi connectivity index (χ0n) is 12.4. The molecule has 2 unspecified atom stereocenters. The predicted molar refractivity (Wildman–Crippen MR) is 85.5 cm³/mol. The van der Waals surface area contributed by atoms with E-state index in [1.54, 1.807) is 0 Å². The van der Waals surface area contributed by atoms with Gasteiger partial charge < -0.3 is 15.3 Å². The van der Waals surface area contributed by atoms with Crippen LogP contribution in [-0.4, -0.2) is 30.8 Å². The van der Waals surface area contributed by atoms with E-state index in [1.807, 2.05) is 12.1 Å². The van der Waals surface area contributed by atoms with E-state index in [-0.39, 0.29) is 6.10 Å². The molecule has 0 spiro atoms. The van der Waals surface area contributed by atoms with Crippen LogP contribution in [0, 0.1) is 5.92 Å². The van der Waals surface area contributed by atoms with Gasteiger partial charge in [-0.25, -0.2) is 0 Å². The Morgan fingerprint density at radius 1 is 1.45 bits per heavy atom. The molecule has 3 nitrogen and oxygen atoms in total. The largest absolute Gasteiger partial charge is 0.393 e. The molecule has 1 aliphatic rings. The number of halogens is 1. The number of aliphatic hydroxyl groups excluding tert-OH is 1. The zero-order chi connectivity index (χ0) is 14.5. The maximum atomic E-state index is 9.87. The van der Waals surface area contributed by atoms with Gasteiger partial charge >= 0.3 is 0 Å². The van der Waals surface area contributed by atoms with Crippen molar-refractivity contribution in [3.63, 3.8) is 0 Å². The monoisotopic (exact) mass is 296 g/mol. The van der Waals surface area contributed by atoms with Crippen LogP contribution in [0.4, 0.5) is 5.69 Å². The lowest BCUT2D eigenvalue weighted by molar-refractivity contribution is 0.0970. The van der Waals surface area contributed by atoms with Gasteiger partial charge in [-0.3, -0.25) is 0 Å². The average Bonchev–Trinajstić information content (AvgIpc) is 2.44. The number of nitrogens with zero attached hydrogens (tertiary/aromatic N) is 1. The van der Waals surface area contributed by atoms with Crippen LogP contribution in [0.1, 0.15) is 32.3 Å². The van der Waals surface area contributed by atoms with Gasteiger partial charge in [0.1, 0.15) is 0 Å². The molecule has 2 N–H and O–H groups in total. The molecule has 0 aliphatic carbocycles. The average molecular weight is 297 g/mol. The fraction of sp³-hybridized carbons (Fsp3) is 0.625. The second-order valence-corrected chi connectivity index (χ2v) is 6.10. The first-order valence-corrected chi connectivity index (χ1v) is 7.92. The standard InChI is InChI=1S/C16H25ClN2O/c1-3-8-18-10-13-14(17)5-4-6-15(13)19-9-7-16(20)12(2)11-19/h4-6,12,16,18,20H,3,7-11H2,1-2H3. The SMILES string of the molecule is CCCNCc1c(Cl)cccc1N1CCC(O)C(C)C1. The van der Waals surface area contributed by atoms with E-state index >= 15 is 0 Å². The number of rotatable bonds is 5. The van der Waals surface area contributed by atoms with Crippen molar-refractivity contribution in [1.29, 1.82) is 0 Å². The van der Waals surface area contributed by atoms with Crippen LogP contribution in [0.15, 0.2) is 18.2 Å². The summed E-state index contributed by atoms with van der Waals surface area (Å²) in [7, 11) is 0. The van der Waals surface area contributed by atoms with Gasteiger partial charge in [0, 0.05) is 35.9 Å². The Kier molecular flexibility index (Phi) is 5.70. The molecule has 1 aromatic carbocycles. The van der Waals surface area contributed by atoms with Gasteiger partial charge in [-0.05, 0) is 37.4 Å². The normalized spacial score (nSPS) is 23.1. The first-order chi connectivity index (χ1) is 9.63. The van der Waals surface area contributed by atoms with Crippen molar-refractivity contribution in [2.24, 2.45) is 5.92 Å². The highest BCUT2D eigenvalue weighted by Crippen LogP contribution is 2.30. The van der Waals surface area contributed by atoms with Crippen LogP contribution in [0.5, 0.6) is 0 Å². The van der Waals surface area contributed by atoms with Gasteiger partial charge in [-0.15, -0.1) is 0 Å². The summed E-state index contributed by atoms with van der Waals surface area (Å²) in [6, 6.07) is 6.10. The lowest BCUT2D eigenvalue weighted by Gasteiger charge is -2.37. The van der Waals surface area contributed by atoms with Crippen LogP contribution in [0.3, 0.4) is 0 Å². The molecule has 0 aromatic heterocycles. The number of hydrogen-bond donors (Lipinski definition) is 2. The first kappa shape index (κ1) is 15.6. The quantitative estimate of drug-likeness (QED) is 0.820. The topological polar surface area (TPSA) is 35.5 Å². The Balaban J connectivity index is 2.16. The summed E-state index contributed by atoms with van der Waals surface area (Å²) in [5, 5.41) is 14.1. The number of benzene rings is 1. The number of aliphatic hydroxyl groups is 1. The zero-order valence-corrected chi connectivity index (χ0v) is 13.2. The van der Waals surface area contributed by atoms with E-state index in [4.69, 9.17) is 11.6 Å². The van der Waals surface area contributed by atoms with Crippen molar-refractivity contribution >= 4 is 17.3 Å². The van der Waals surface area contributed by atoms with Gasteiger partial charge in [-0.2, -0.15) is 0 Å². The Bertz CT molecular complexity index is 438. The molecule has 2 atom stereocenters. The number of anilines is 1. The summed E-state index contributed by atoms with van der Waals surface area (Å²) in [4.78, 5) is 2.35. The van der Waals surface area contributed by atoms with Crippen molar-refractivity contribution in [3.05, 3.63) is 28.8 Å². The Hall–Kier alpha value is -0.770. The summed E-state index contributed by atoms with van der Waals surface area (Å²) in [6.07, 6.45) is 1.77. The third kappa shape index (κ3) is 3.66. The van der Waals surface area contributed by atoms with E-state index < -0.39 is 0 Å². The molecule has 0 amide bonds. The highest BCUT2D eigenvalue weighted by Gasteiger charge is 2.25. The Morgan fingerprint density at radius 3 is 2.95 bits per heavy atom.